The van der Waals surface area contributed by atoms with Crippen LogP contribution in [0.2, 0.25) is 0 Å². The Morgan fingerprint density at radius 3 is 2.84 bits per heavy atom. The zero-order valence-corrected chi connectivity index (χ0v) is 13.0. The Bertz CT molecular complexity index is 898. The number of nitrogens with zero attached hydrogens (tertiary/aromatic N) is 1. The molecule has 0 spiro atoms. The van der Waals surface area contributed by atoms with Crippen molar-refractivity contribution in [2.75, 3.05) is 13.2 Å². The predicted octanol–water partition coefficient (Wildman–Crippen LogP) is 2.01. The minimum Gasteiger partial charge on any atom is -0.491 e. The van der Waals surface area contributed by atoms with Crippen LogP contribution < -0.4 is 10.1 Å². The fraction of sp³-hybridized carbons (Fsp3) is 0.176. The van der Waals surface area contributed by atoms with E-state index < -0.39 is 23.6 Å². The van der Waals surface area contributed by atoms with Crippen LogP contribution in [-0.4, -0.2) is 40.5 Å². The number of carbonyl (C=O) groups excluding carboxylic acids is 1. The number of aliphatic hydroxyl groups excluding tert-OH is 1. The number of carbonyl (C=O) groups is 1. The third-order valence-electron chi connectivity index (χ3n) is 3.52. The third-order valence-corrected chi connectivity index (χ3v) is 3.52. The number of benzene rings is 2. The summed E-state index contributed by atoms with van der Waals surface area (Å²) < 4.78 is 31.0. The maximum atomic E-state index is 13.1. The van der Waals surface area contributed by atoms with Crippen LogP contribution in [0.3, 0.4) is 0 Å². The molecule has 1 atom stereocenters. The van der Waals surface area contributed by atoms with Crippen molar-refractivity contribution in [1.82, 2.24) is 15.5 Å². The lowest BCUT2D eigenvalue weighted by molar-refractivity contribution is 0.0840. The first kappa shape index (κ1) is 16.8. The lowest BCUT2D eigenvalue weighted by atomic mass is 10.2. The van der Waals surface area contributed by atoms with E-state index in [-0.39, 0.29) is 24.6 Å². The van der Waals surface area contributed by atoms with Crippen molar-refractivity contribution >= 4 is 16.8 Å². The summed E-state index contributed by atoms with van der Waals surface area (Å²) in [4.78, 5) is 12.1. The van der Waals surface area contributed by atoms with Gasteiger partial charge < -0.3 is 15.2 Å². The molecule has 0 saturated carbocycles. The van der Waals surface area contributed by atoms with Crippen molar-refractivity contribution in [3.05, 3.63) is 59.8 Å². The van der Waals surface area contributed by atoms with Crippen molar-refractivity contribution in [1.29, 1.82) is 0 Å². The van der Waals surface area contributed by atoms with Gasteiger partial charge in [-0.25, -0.2) is 8.78 Å². The van der Waals surface area contributed by atoms with E-state index in [2.05, 4.69) is 15.5 Å². The number of hydrogen-bond acceptors (Lipinski definition) is 4. The number of rotatable bonds is 6. The SMILES string of the molecule is O=C(NCC(O)COc1ccc(F)c(F)c1)c1n[nH]c2ccccc12. The molecule has 0 saturated heterocycles. The van der Waals surface area contributed by atoms with Gasteiger partial charge in [-0.3, -0.25) is 9.89 Å². The van der Waals surface area contributed by atoms with E-state index in [9.17, 15) is 18.7 Å². The van der Waals surface area contributed by atoms with Gasteiger partial charge in [0, 0.05) is 18.0 Å². The second-order valence-electron chi connectivity index (χ2n) is 5.37. The molecule has 2 aromatic carbocycles. The summed E-state index contributed by atoms with van der Waals surface area (Å²) in [6.45, 7) is -0.267. The van der Waals surface area contributed by atoms with Crippen molar-refractivity contribution < 1.29 is 23.4 Å². The summed E-state index contributed by atoms with van der Waals surface area (Å²) in [6.07, 6.45) is -1.03. The average Bonchev–Trinajstić information content (AvgIpc) is 3.05. The van der Waals surface area contributed by atoms with E-state index in [1.807, 2.05) is 6.07 Å². The number of ether oxygens (including phenoxy) is 1. The van der Waals surface area contributed by atoms with Gasteiger partial charge in [0.15, 0.2) is 17.3 Å². The summed E-state index contributed by atoms with van der Waals surface area (Å²) in [5.41, 5.74) is 0.958. The summed E-state index contributed by atoms with van der Waals surface area (Å²) in [7, 11) is 0. The molecule has 0 fully saturated rings. The second-order valence-corrected chi connectivity index (χ2v) is 5.37. The maximum absolute atomic E-state index is 13.1. The summed E-state index contributed by atoms with van der Waals surface area (Å²) in [6, 6.07) is 10.2. The second kappa shape index (κ2) is 7.27. The van der Waals surface area contributed by atoms with Gasteiger partial charge in [0.1, 0.15) is 18.5 Å². The Hall–Kier alpha value is -3.00. The van der Waals surface area contributed by atoms with Crippen LogP contribution >= 0.6 is 0 Å². The molecular weight excluding hydrogens is 332 g/mol. The van der Waals surface area contributed by atoms with Gasteiger partial charge in [-0.15, -0.1) is 0 Å². The van der Waals surface area contributed by atoms with E-state index >= 15 is 0 Å². The van der Waals surface area contributed by atoms with Crippen molar-refractivity contribution in [2.45, 2.75) is 6.10 Å². The van der Waals surface area contributed by atoms with Crippen molar-refractivity contribution in [2.24, 2.45) is 0 Å². The number of nitrogens with one attached hydrogen (secondary N) is 2. The average molecular weight is 347 g/mol. The van der Waals surface area contributed by atoms with Crippen LogP contribution in [0.5, 0.6) is 5.75 Å². The molecule has 0 aliphatic heterocycles. The first-order chi connectivity index (χ1) is 12.0. The predicted molar refractivity (Wildman–Crippen MR) is 86.3 cm³/mol. The number of fused-ring (bicyclic) bond motifs is 1. The first-order valence-corrected chi connectivity index (χ1v) is 7.52. The third kappa shape index (κ3) is 3.92. The van der Waals surface area contributed by atoms with E-state index in [0.717, 1.165) is 17.6 Å². The molecule has 3 N–H and O–H groups in total. The van der Waals surface area contributed by atoms with Gasteiger partial charge in [-0.2, -0.15) is 5.10 Å². The van der Waals surface area contributed by atoms with Crippen LogP contribution in [0.15, 0.2) is 42.5 Å². The Morgan fingerprint density at radius 2 is 2.04 bits per heavy atom. The highest BCUT2D eigenvalue weighted by molar-refractivity contribution is 6.04. The highest BCUT2D eigenvalue weighted by Gasteiger charge is 2.15. The van der Waals surface area contributed by atoms with Gasteiger partial charge in [0.05, 0.1) is 5.52 Å². The molecule has 8 heteroatoms. The number of amides is 1. The lowest BCUT2D eigenvalue weighted by Gasteiger charge is -2.13. The number of aromatic amines is 1. The molecule has 130 valence electrons. The van der Waals surface area contributed by atoms with E-state index in [0.29, 0.717) is 5.39 Å². The fourth-order valence-corrected chi connectivity index (χ4v) is 2.25. The molecule has 0 bridgehead atoms. The van der Waals surface area contributed by atoms with Crippen LogP contribution in [-0.2, 0) is 0 Å². The van der Waals surface area contributed by atoms with Crippen molar-refractivity contribution in [3.8, 4) is 5.75 Å². The van der Waals surface area contributed by atoms with E-state index in [1.165, 1.54) is 6.07 Å². The molecule has 0 aliphatic rings. The maximum Gasteiger partial charge on any atom is 0.272 e. The molecule has 1 aromatic heterocycles. The standard InChI is InChI=1S/C17H15F2N3O3/c18-13-6-5-11(7-14(13)19)25-9-10(23)8-20-17(24)16-12-3-1-2-4-15(12)21-22-16/h1-7,10,23H,8-9H2,(H,20,24)(H,21,22). The minimum absolute atomic E-state index is 0.0797. The molecule has 1 unspecified atom stereocenters. The number of aromatic nitrogens is 2. The van der Waals surface area contributed by atoms with Gasteiger partial charge >= 0.3 is 0 Å². The number of H-pyrrole nitrogens is 1. The summed E-state index contributed by atoms with van der Waals surface area (Å²) in [5.74, 6) is -2.37. The molecule has 6 nitrogen and oxygen atoms in total. The number of halogens is 2. The zero-order valence-electron chi connectivity index (χ0n) is 13.0. The Balaban J connectivity index is 1.52. The highest BCUT2D eigenvalue weighted by Crippen LogP contribution is 2.16. The number of aliphatic hydroxyl groups is 1. The molecule has 0 aliphatic carbocycles. The number of hydrogen-bond donors (Lipinski definition) is 3. The molecule has 0 radical (unpaired) electrons. The molecular formula is C17H15F2N3O3. The Morgan fingerprint density at radius 1 is 1.24 bits per heavy atom. The van der Waals surface area contributed by atoms with Crippen LogP contribution in [0.1, 0.15) is 10.5 Å². The smallest absolute Gasteiger partial charge is 0.272 e. The number of para-hydroxylation sites is 1. The minimum atomic E-state index is -1.04. The van der Waals surface area contributed by atoms with Gasteiger partial charge in [0.25, 0.3) is 5.91 Å². The van der Waals surface area contributed by atoms with Gasteiger partial charge in [0.2, 0.25) is 0 Å². The highest BCUT2D eigenvalue weighted by atomic mass is 19.2. The Labute approximate surface area is 141 Å². The van der Waals surface area contributed by atoms with Gasteiger partial charge in [-0.05, 0) is 18.2 Å². The van der Waals surface area contributed by atoms with Crippen molar-refractivity contribution in [3.63, 3.8) is 0 Å². The normalized spacial score (nSPS) is 12.1. The first-order valence-electron chi connectivity index (χ1n) is 7.52. The summed E-state index contributed by atoms with van der Waals surface area (Å²) >= 11 is 0. The van der Waals surface area contributed by atoms with Crippen LogP contribution in [0, 0.1) is 11.6 Å². The monoisotopic (exact) mass is 347 g/mol. The lowest BCUT2D eigenvalue weighted by Crippen LogP contribution is -2.35. The zero-order chi connectivity index (χ0) is 17.8. The molecule has 3 rings (SSSR count). The van der Waals surface area contributed by atoms with Crippen LogP contribution in [0.4, 0.5) is 8.78 Å². The summed E-state index contributed by atoms with van der Waals surface area (Å²) in [5, 5.41) is 19.8. The molecule has 3 aromatic rings. The largest absolute Gasteiger partial charge is 0.491 e. The quantitative estimate of drug-likeness (QED) is 0.637. The molecule has 1 heterocycles. The molecule has 25 heavy (non-hydrogen) atoms. The topological polar surface area (TPSA) is 87.2 Å². The molecule has 1 amide bonds. The van der Waals surface area contributed by atoms with Crippen LogP contribution in [0.25, 0.3) is 10.9 Å². The van der Waals surface area contributed by atoms with Gasteiger partial charge in [-0.1, -0.05) is 18.2 Å². The van der Waals surface area contributed by atoms with E-state index in [4.69, 9.17) is 4.74 Å². The fourth-order valence-electron chi connectivity index (χ4n) is 2.25. The van der Waals surface area contributed by atoms with E-state index in [1.54, 1.807) is 18.2 Å². The Kier molecular flexibility index (Phi) is 4.90.